The van der Waals surface area contributed by atoms with Crippen LogP contribution in [-0.4, -0.2) is 43.0 Å². The van der Waals surface area contributed by atoms with E-state index in [1.807, 2.05) is 4.90 Å². The topological polar surface area (TPSA) is 83.6 Å². The van der Waals surface area contributed by atoms with Crippen molar-refractivity contribution in [3.8, 4) is 5.75 Å². The van der Waals surface area contributed by atoms with Gasteiger partial charge in [0.1, 0.15) is 11.6 Å². The molecular formula is C18H18F2N4O3. The fourth-order valence-electron chi connectivity index (χ4n) is 2.70. The third-order valence-electron chi connectivity index (χ3n) is 3.88. The second-order valence-corrected chi connectivity index (χ2v) is 5.93. The van der Waals surface area contributed by atoms with Crippen molar-refractivity contribution in [1.29, 1.82) is 0 Å². The highest BCUT2D eigenvalue weighted by Crippen LogP contribution is 2.18. The van der Waals surface area contributed by atoms with Gasteiger partial charge in [0.2, 0.25) is 11.8 Å². The minimum atomic E-state index is -2.91. The molecule has 0 saturated carbocycles. The highest BCUT2D eigenvalue weighted by Gasteiger charge is 2.17. The van der Waals surface area contributed by atoms with Gasteiger partial charge in [-0.3, -0.25) is 9.59 Å². The molecule has 1 aromatic heterocycles. The molecule has 0 unspecified atom stereocenters. The lowest BCUT2D eigenvalue weighted by Gasteiger charge is -2.27. The monoisotopic (exact) mass is 376 g/mol. The van der Waals surface area contributed by atoms with Crippen molar-refractivity contribution in [2.45, 2.75) is 13.0 Å². The molecule has 0 bridgehead atoms. The van der Waals surface area contributed by atoms with Crippen LogP contribution in [0, 0.1) is 0 Å². The van der Waals surface area contributed by atoms with Crippen molar-refractivity contribution in [2.75, 3.05) is 29.9 Å². The molecule has 1 aliphatic rings. The van der Waals surface area contributed by atoms with E-state index in [4.69, 9.17) is 0 Å². The van der Waals surface area contributed by atoms with Gasteiger partial charge in [0, 0.05) is 13.1 Å². The van der Waals surface area contributed by atoms with Gasteiger partial charge in [-0.1, -0.05) is 12.1 Å². The van der Waals surface area contributed by atoms with Crippen molar-refractivity contribution < 1.29 is 23.1 Å². The number of alkyl halides is 2. The SMILES string of the molecule is O=C1CN(c2ccc(NC(=O)Cc3cccc(OC(F)F)c3)cn2)CCN1. The Morgan fingerprint density at radius 1 is 1.33 bits per heavy atom. The maximum Gasteiger partial charge on any atom is 0.387 e. The second kappa shape index (κ2) is 8.43. The number of halogens is 2. The normalized spacial score (nSPS) is 14.0. The first-order valence-corrected chi connectivity index (χ1v) is 8.31. The van der Waals surface area contributed by atoms with Gasteiger partial charge in [-0.15, -0.1) is 0 Å². The Morgan fingerprint density at radius 3 is 2.89 bits per heavy atom. The summed E-state index contributed by atoms with van der Waals surface area (Å²) in [6, 6.07) is 9.42. The maximum absolute atomic E-state index is 12.3. The molecule has 27 heavy (non-hydrogen) atoms. The van der Waals surface area contributed by atoms with Crippen LogP contribution in [-0.2, 0) is 16.0 Å². The number of pyridine rings is 1. The molecule has 1 saturated heterocycles. The zero-order valence-corrected chi connectivity index (χ0v) is 14.3. The quantitative estimate of drug-likeness (QED) is 0.803. The fraction of sp³-hybridized carbons (Fsp3) is 0.278. The average Bonchev–Trinajstić information content (AvgIpc) is 2.62. The van der Waals surface area contributed by atoms with Crippen LogP contribution in [0.1, 0.15) is 5.56 Å². The fourth-order valence-corrected chi connectivity index (χ4v) is 2.70. The number of ether oxygens (including phenoxy) is 1. The molecular weight excluding hydrogens is 358 g/mol. The summed E-state index contributed by atoms with van der Waals surface area (Å²) in [4.78, 5) is 29.7. The third kappa shape index (κ3) is 5.37. The maximum atomic E-state index is 12.3. The van der Waals surface area contributed by atoms with E-state index in [9.17, 15) is 18.4 Å². The number of hydrogen-bond acceptors (Lipinski definition) is 5. The number of benzene rings is 1. The molecule has 0 radical (unpaired) electrons. The van der Waals surface area contributed by atoms with Gasteiger partial charge in [-0.25, -0.2) is 4.98 Å². The van der Waals surface area contributed by atoms with Crippen LogP contribution in [0.15, 0.2) is 42.6 Å². The molecule has 1 fully saturated rings. The zero-order valence-electron chi connectivity index (χ0n) is 14.3. The third-order valence-corrected chi connectivity index (χ3v) is 3.88. The molecule has 1 aromatic carbocycles. The number of nitrogens with zero attached hydrogens (tertiary/aromatic N) is 2. The summed E-state index contributed by atoms with van der Waals surface area (Å²) in [6.45, 7) is -1.44. The first-order chi connectivity index (χ1) is 13.0. The first-order valence-electron chi connectivity index (χ1n) is 8.31. The highest BCUT2D eigenvalue weighted by atomic mass is 19.3. The summed E-state index contributed by atoms with van der Waals surface area (Å²) in [5.74, 6) is 0.293. The summed E-state index contributed by atoms with van der Waals surface area (Å²) in [7, 11) is 0. The molecule has 9 heteroatoms. The van der Waals surface area contributed by atoms with Gasteiger partial charge >= 0.3 is 6.61 Å². The summed E-state index contributed by atoms with van der Waals surface area (Å²) in [5, 5.41) is 5.44. The van der Waals surface area contributed by atoms with E-state index >= 15 is 0 Å². The summed E-state index contributed by atoms with van der Waals surface area (Å²) >= 11 is 0. The van der Waals surface area contributed by atoms with Crippen LogP contribution in [0.2, 0.25) is 0 Å². The van der Waals surface area contributed by atoms with Gasteiger partial charge in [0.25, 0.3) is 0 Å². The van der Waals surface area contributed by atoms with E-state index in [2.05, 4.69) is 20.4 Å². The Labute approximate surface area is 154 Å². The molecule has 142 valence electrons. The molecule has 0 atom stereocenters. The van der Waals surface area contributed by atoms with Crippen LogP contribution in [0.4, 0.5) is 20.3 Å². The number of hydrogen-bond donors (Lipinski definition) is 2. The van der Waals surface area contributed by atoms with E-state index in [1.165, 1.54) is 18.3 Å². The molecule has 0 aliphatic carbocycles. The number of rotatable bonds is 6. The van der Waals surface area contributed by atoms with Crippen molar-refractivity contribution in [1.82, 2.24) is 10.3 Å². The molecule has 3 rings (SSSR count). The summed E-state index contributed by atoms with van der Waals surface area (Å²) < 4.78 is 28.8. The van der Waals surface area contributed by atoms with Gasteiger partial charge < -0.3 is 20.3 Å². The minimum absolute atomic E-state index is 0.00638. The summed E-state index contributed by atoms with van der Waals surface area (Å²) in [5.41, 5.74) is 1.06. The van der Waals surface area contributed by atoms with Crippen molar-refractivity contribution >= 4 is 23.3 Å². The van der Waals surface area contributed by atoms with Crippen LogP contribution in [0.3, 0.4) is 0 Å². The lowest BCUT2D eigenvalue weighted by Crippen LogP contribution is -2.48. The van der Waals surface area contributed by atoms with Crippen LogP contribution < -0.4 is 20.3 Å². The molecule has 2 amide bonds. The largest absolute Gasteiger partial charge is 0.435 e. The molecule has 7 nitrogen and oxygen atoms in total. The molecule has 0 spiro atoms. The summed E-state index contributed by atoms with van der Waals surface area (Å²) in [6.07, 6.45) is 1.52. The average molecular weight is 376 g/mol. The zero-order chi connectivity index (χ0) is 19.2. The van der Waals surface area contributed by atoms with Gasteiger partial charge in [0.05, 0.1) is 24.8 Å². The van der Waals surface area contributed by atoms with Gasteiger partial charge in [-0.2, -0.15) is 8.78 Å². The molecule has 2 aromatic rings. The predicted octanol–water partition coefficient (Wildman–Crippen LogP) is 1.80. The van der Waals surface area contributed by atoms with Crippen molar-refractivity contribution in [3.05, 3.63) is 48.2 Å². The Kier molecular flexibility index (Phi) is 5.80. The Balaban J connectivity index is 1.57. The number of carbonyl (C=O) groups excluding carboxylic acids is 2. The Hall–Kier alpha value is -3.23. The van der Waals surface area contributed by atoms with E-state index in [0.29, 0.717) is 30.2 Å². The molecule has 2 heterocycles. The Bertz CT molecular complexity index is 815. The lowest BCUT2D eigenvalue weighted by molar-refractivity contribution is -0.120. The first kappa shape index (κ1) is 18.6. The standard InChI is InChI=1S/C18H18F2N4O3/c19-18(20)27-14-3-1-2-12(8-14)9-16(25)23-13-4-5-15(22-10-13)24-7-6-21-17(26)11-24/h1-5,8,10,18H,6-7,9,11H2,(H,21,26)(H,23,25). The van der Waals surface area contributed by atoms with Gasteiger partial charge in [0.15, 0.2) is 0 Å². The van der Waals surface area contributed by atoms with E-state index in [1.54, 1.807) is 24.3 Å². The molecule has 2 N–H and O–H groups in total. The minimum Gasteiger partial charge on any atom is -0.435 e. The van der Waals surface area contributed by atoms with Gasteiger partial charge in [-0.05, 0) is 29.8 Å². The predicted molar refractivity (Wildman–Crippen MR) is 94.9 cm³/mol. The van der Waals surface area contributed by atoms with E-state index < -0.39 is 6.61 Å². The van der Waals surface area contributed by atoms with Crippen LogP contribution in [0.25, 0.3) is 0 Å². The number of carbonyl (C=O) groups is 2. The Morgan fingerprint density at radius 2 is 2.19 bits per heavy atom. The number of amides is 2. The van der Waals surface area contributed by atoms with Crippen molar-refractivity contribution in [3.63, 3.8) is 0 Å². The highest BCUT2D eigenvalue weighted by molar-refractivity contribution is 5.92. The lowest BCUT2D eigenvalue weighted by atomic mass is 10.1. The van der Waals surface area contributed by atoms with E-state index in [0.717, 1.165) is 0 Å². The number of piperazine rings is 1. The van der Waals surface area contributed by atoms with Crippen molar-refractivity contribution in [2.24, 2.45) is 0 Å². The number of aromatic nitrogens is 1. The number of nitrogens with one attached hydrogen (secondary N) is 2. The van der Waals surface area contributed by atoms with Crippen LogP contribution in [0.5, 0.6) is 5.75 Å². The smallest absolute Gasteiger partial charge is 0.387 e. The second-order valence-electron chi connectivity index (χ2n) is 5.93. The molecule has 1 aliphatic heterocycles. The number of anilines is 2. The van der Waals surface area contributed by atoms with E-state index in [-0.39, 0.29) is 30.5 Å². The van der Waals surface area contributed by atoms with Crippen LogP contribution >= 0.6 is 0 Å².